The van der Waals surface area contributed by atoms with Crippen molar-refractivity contribution in [3.8, 4) is 5.75 Å². The van der Waals surface area contributed by atoms with Gasteiger partial charge >= 0.3 is 5.97 Å². The third kappa shape index (κ3) is 10.3. The van der Waals surface area contributed by atoms with E-state index in [0.29, 0.717) is 12.8 Å². The predicted molar refractivity (Wildman–Crippen MR) is 133 cm³/mol. The first-order chi connectivity index (χ1) is 15.9. The molecule has 33 heavy (non-hydrogen) atoms. The largest absolute Gasteiger partial charge is 0.507 e. The lowest BCUT2D eigenvalue weighted by Crippen LogP contribution is -2.21. The van der Waals surface area contributed by atoms with Crippen LogP contribution in [0.1, 0.15) is 67.8 Å². The predicted octanol–water partition coefficient (Wildman–Crippen LogP) is 6.03. The molecule has 5 nitrogen and oxygen atoms in total. The van der Waals surface area contributed by atoms with Gasteiger partial charge in [0.05, 0.1) is 16.9 Å². The zero-order chi connectivity index (χ0) is 24.1. The molecule has 0 aromatic heterocycles. The van der Waals surface area contributed by atoms with Gasteiger partial charge in [-0.2, -0.15) is 0 Å². The number of thioether (sulfide) groups is 1. The topological polar surface area (TPSA) is 94.8 Å². The van der Waals surface area contributed by atoms with Gasteiger partial charge in [-0.15, -0.1) is 11.8 Å². The lowest BCUT2D eigenvalue weighted by Gasteiger charge is -2.20. The van der Waals surface area contributed by atoms with E-state index in [2.05, 4.69) is 30.3 Å². The average Bonchev–Trinajstić information content (AvgIpc) is 2.77. The van der Waals surface area contributed by atoms with Crippen LogP contribution in [0, 0.1) is 0 Å². The SMILES string of the molecule is CC(=O)c1ccc(SC(/C=C\CCCCCc2ccccc2)C(O)CCCC(=O)O)cc1O. The summed E-state index contributed by atoms with van der Waals surface area (Å²) in [4.78, 5) is 23.1. The Morgan fingerprint density at radius 2 is 1.79 bits per heavy atom. The molecule has 0 saturated carbocycles. The van der Waals surface area contributed by atoms with E-state index in [1.54, 1.807) is 12.1 Å². The number of unbranched alkanes of at least 4 members (excludes halogenated alkanes) is 3. The molecule has 178 valence electrons. The number of benzene rings is 2. The van der Waals surface area contributed by atoms with Crippen molar-refractivity contribution in [1.82, 2.24) is 0 Å². The van der Waals surface area contributed by atoms with Crippen molar-refractivity contribution < 1.29 is 24.9 Å². The highest BCUT2D eigenvalue weighted by atomic mass is 32.2. The van der Waals surface area contributed by atoms with Gasteiger partial charge in [0.2, 0.25) is 0 Å². The molecule has 2 atom stereocenters. The van der Waals surface area contributed by atoms with Gasteiger partial charge in [-0.25, -0.2) is 0 Å². The molecule has 0 heterocycles. The van der Waals surface area contributed by atoms with E-state index in [4.69, 9.17) is 5.11 Å². The smallest absolute Gasteiger partial charge is 0.303 e. The molecule has 0 saturated heterocycles. The molecule has 2 rings (SSSR count). The minimum Gasteiger partial charge on any atom is -0.507 e. The normalized spacial score (nSPS) is 13.2. The zero-order valence-corrected chi connectivity index (χ0v) is 20.0. The van der Waals surface area contributed by atoms with Crippen LogP contribution in [-0.4, -0.2) is 38.4 Å². The Kier molecular flexibility index (Phi) is 11.8. The first-order valence-corrected chi connectivity index (χ1v) is 12.4. The maximum atomic E-state index is 11.5. The molecule has 0 bridgehead atoms. The van der Waals surface area contributed by atoms with Gasteiger partial charge in [0.25, 0.3) is 0 Å². The van der Waals surface area contributed by atoms with Gasteiger partial charge in [-0.05, 0) is 69.2 Å². The third-order valence-electron chi connectivity index (χ3n) is 5.40. The summed E-state index contributed by atoms with van der Waals surface area (Å²) in [7, 11) is 0. The Hall–Kier alpha value is -2.57. The number of aliphatic hydroxyl groups excluding tert-OH is 1. The number of rotatable bonds is 15. The molecule has 0 aliphatic carbocycles. The molecule has 0 aliphatic rings. The van der Waals surface area contributed by atoms with Crippen LogP contribution in [0.3, 0.4) is 0 Å². The van der Waals surface area contributed by atoms with Gasteiger partial charge in [-0.1, -0.05) is 48.9 Å². The fourth-order valence-corrected chi connectivity index (χ4v) is 4.68. The number of phenolic OH excluding ortho intramolecular Hbond substituents is 1. The molecule has 2 aromatic carbocycles. The maximum Gasteiger partial charge on any atom is 0.303 e. The summed E-state index contributed by atoms with van der Waals surface area (Å²) in [5.74, 6) is -1.15. The number of carboxylic acid groups (broad SMARTS) is 1. The van der Waals surface area contributed by atoms with Crippen LogP contribution in [0.4, 0.5) is 0 Å². The molecule has 2 unspecified atom stereocenters. The number of Topliss-reactive ketones (excluding diaryl/α,β-unsaturated/α-hetero) is 1. The lowest BCUT2D eigenvalue weighted by molar-refractivity contribution is -0.137. The lowest BCUT2D eigenvalue weighted by atomic mass is 10.1. The Labute approximate surface area is 200 Å². The van der Waals surface area contributed by atoms with E-state index in [1.807, 2.05) is 12.1 Å². The van der Waals surface area contributed by atoms with Crippen molar-refractivity contribution >= 4 is 23.5 Å². The Bertz CT molecular complexity index is 910. The number of ketones is 1. The van der Waals surface area contributed by atoms with Crippen molar-refractivity contribution in [2.75, 3.05) is 0 Å². The Morgan fingerprint density at radius 3 is 2.45 bits per heavy atom. The van der Waals surface area contributed by atoms with Crippen molar-refractivity contribution in [3.05, 3.63) is 71.8 Å². The summed E-state index contributed by atoms with van der Waals surface area (Å²) in [5, 5.41) is 29.4. The highest BCUT2D eigenvalue weighted by Crippen LogP contribution is 2.32. The molecule has 0 fully saturated rings. The second kappa shape index (κ2) is 14.6. The van der Waals surface area contributed by atoms with E-state index >= 15 is 0 Å². The highest BCUT2D eigenvalue weighted by molar-refractivity contribution is 8.00. The molecule has 0 spiro atoms. The molecular formula is C27H34O5S. The Balaban J connectivity index is 1.90. The summed E-state index contributed by atoms with van der Waals surface area (Å²) in [6.45, 7) is 1.40. The third-order valence-corrected chi connectivity index (χ3v) is 6.66. The first-order valence-electron chi connectivity index (χ1n) is 11.5. The van der Waals surface area contributed by atoms with Gasteiger partial charge in [-0.3, -0.25) is 9.59 Å². The standard InChI is InChI=1S/C27H34O5S/c1-20(28)23-18-17-22(19-25(23)30)33-26(24(29)14-10-16-27(31)32)15-9-4-2-3-6-11-21-12-7-5-8-13-21/h5,7-9,12-13,15,17-19,24,26,29-30H,2-4,6,10-11,14,16H2,1H3,(H,31,32)/b15-9-. The number of carbonyl (C=O) groups excluding carboxylic acids is 1. The van der Waals surface area contributed by atoms with Crippen LogP contribution < -0.4 is 0 Å². The summed E-state index contributed by atoms with van der Waals surface area (Å²) in [6, 6.07) is 15.3. The summed E-state index contributed by atoms with van der Waals surface area (Å²) in [5.41, 5.74) is 1.62. The van der Waals surface area contributed by atoms with E-state index < -0.39 is 12.1 Å². The minimum absolute atomic E-state index is 0.0215. The highest BCUT2D eigenvalue weighted by Gasteiger charge is 2.19. The maximum absolute atomic E-state index is 11.5. The van der Waals surface area contributed by atoms with Crippen LogP contribution >= 0.6 is 11.8 Å². The molecule has 0 aliphatic heterocycles. The van der Waals surface area contributed by atoms with Gasteiger partial charge in [0.15, 0.2) is 5.78 Å². The summed E-state index contributed by atoms with van der Waals surface area (Å²) in [6.07, 6.45) is 9.43. The molecule has 3 N–H and O–H groups in total. The van der Waals surface area contributed by atoms with Crippen molar-refractivity contribution in [1.29, 1.82) is 0 Å². The van der Waals surface area contributed by atoms with Gasteiger partial charge in [0, 0.05) is 11.3 Å². The number of hydrogen-bond donors (Lipinski definition) is 3. The second-order valence-corrected chi connectivity index (χ2v) is 9.44. The number of allylic oxidation sites excluding steroid dienone is 1. The zero-order valence-electron chi connectivity index (χ0n) is 19.2. The summed E-state index contributed by atoms with van der Waals surface area (Å²) < 4.78 is 0. The van der Waals surface area contributed by atoms with E-state index in [0.717, 1.165) is 37.0 Å². The quantitative estimate of drug-likeness (QED) is 0.127. The molecule has 6 heteroatoms. The van der Waals surface area contributed by atoms with Crippen LogP contribution in [0.25, 0.3) is 0 Å². The fraction of sp³-hybridized carbons (Fsp3) is 0.407. The van der Waals surface area contributed by atoms with Crippen molar-refractivity contribution in [2.24, 2.45) is 0 Å². The van der Waals surface area contributed by atoms with Gasteiger partial charge in [0.1, 0.15) is 5.75 Å². The van der Waals surface area contributed by atoms with Crippen molar-refractivity contribution in [3.63, 3.8) is 0 Å². The number of phenols is 1. The van der Waals surface area contributed by atoms with Gasteiger partial charge < -0.3 is 15.3 Å². The fourth-order valence-electron chi connectivity index (χ4n) is 3.56. The van der Waals surface area contributed by atoms with E-state index in [-0.39, 0.29) is 28.8 Å². The van der Waals surface area contributed by atoms with E-state index in [9.17, 15) is 19.8 Å². The number of carboxylic acids is 1. The molecule has 2 aromatic rings. The molecular weight excluding hydrogens is 436 g/mol. The number of aryl methyl sites for hydroxylation is 1. The number of aliphatic hydroxyl groups is 1. The first kappa shape index (κ1) is 26.7. The second-order valence-electron chi connectivity index (χ2n) is 8.18. The van der Waals surface area contributed by atoms with Crippen LogP contribution in [0.2, 0.25) is 0 Å². The van der Waals surface area contributed by atoms with Crippen LogP contribution in [-0.2, 0) is 11.2 Å². The number of aliphatic carboxylic acids is 1. The number of carbonyl (C=O) groups is 2. The van der Waals surface area contributed by atoms with Crippen molar-refractivity contribution in [2.45, 2.75) is 74.5 Å². The van der Waals surface area contributed by atoms with Crippen LogP contribution in [0.5, 0.6) is 5.75 Å². The summed E-state index contributed by atoms with van der Waals surface area (Å²) >= 11 is 1.40. The number of hydrogen-bond acceptors (Lipinski definition) is 5. The Morgan fingerprint density at radius 1 is 1.03 bits per heavy atom. The molecule has 0 amide bonds. The monoisotopic (exact) mass is 470 g/mol. The average molecular weight is 471 g/mol. The minimum atomic E-state index is -0.873. The van der Waals surface area contributed by atoms with E-state index in [1.165, 1.54) is 30.3 Å². The molecule has 0 radical (unpaired) electrons. The number of aromatic hydroxyl groups is 1. The van der Waals surface area contributed by atoms with Crippen LogP contribution in [0.15, 0.2) is 65.6 Å².